The van der Waals surface area contributed by atoms with E-state index in [1.807, 2.05) is 14.0 Å². The number of hydrogen-bond donors (Lipinski definition) is 0. The van der Waals surface area contributed by atoms with E-state index >= 15 is 0 Å². The van der Waals surface area contributed by atoms with Crippen molar-refractivity contribution in [2.24, 2.45) is 7.05 Å². The van der Waals surface area contributed by atoms with E-state index in [4.69, 9.17) is 11.6 Å². The SMILES string of the molecule is Cc1nnc(Sc2ncc(Cl)cc2F)n1C. The fraction of sp³-hybridized carbons (Fsp3) is 0.222. The molecular weight excluding hydrogens is 251 g/mol. The molecule has 0 aliphatic heterocycles. The van der Waals surface area contributed by atoms with Gasteiger partial charge in [-0.05, 0) is 24.8 Å². The van der Waals surface area contributed by atoms with Crippen molar-refractivity contribution in [1.82, 2.24) is 19.7 Å². The number of nitrogens with zero attached hydrogens (tertiary/aromatic N) is 4. The second-order valence-corrected chi connectivity index (χ2v) is 4.52. The summed E-state index contributed by atoms with van der Waals surface area (Å²) < 4.78 is 15.2. The highest BCUT2D eigenvalue weighted by Crippen LogP contribution is 2.27. The van der Waals surface area contributed by atoms with Crippen molar-refractivity contribution in [3.8, 4) is 0 Å². The molecule has 16 heavy (non-hydrogen) atoms. The molecule has 2 aromatic heterocycles. The first kappa shape index (κ1) is 11.3. The maximum Gasteiger partial charge on any atom is 0.197 e. The molecule has 0 fully saturated rings. The van der Waals surface area contributed by atoms with Crippen molar-refractivity contribution in [1.29, 1.82) is 0 Å². The summed E-state index contributed by atoms with van der Waals surface area (Å²) in [5.74, 6) is 0.301. The zero-order valence-electron chi connectivity index (χ0n) is 8.61. The molecule has 0 saturated heterocycles. The molecule has 0 bridgehead atoms. The number of aromatic nitrogens is 4. The largest absolute Gasteiger partial charge is 0.309 e. The first-order valence-corrected chi connectivity index (χ1v) is 5.62. The van der Waals surface area contributed by atoms with E-state index in [-0.39, 0.29) is 10.0 Å². The molecule has 2 rings (SSSR count). The molecule has 0 saturated carbocycles. The maximum absolute atomic E-state index is 13.4. The highest BCUT2D eigenvalue weighted by atomic mass is 35.5. The van der Waals surface area contributed by atoms with Crippen LogP contribution < -0.4 is 0 Å². The van der Waals surface area contributed by atoms with Crippen molar-refractivity contribution in [2.75, 3.05) is 0 Å². The number of hydrogen-bond acceptors (Lipinski definition) is 4. The Bertz CT molecular complexity index is 528. The van der Waals surface area contributed by atoms with Crippen LogP contribution in [-0.2, 0) is 7.05 Å². The van der Waals surface area contributed by atoms with E-state index < -0.39 is 5.82 Å². The van der Waals surface area contributed by atoms with Crippen LogP contribution in [0.3, 0.4) is 0 Å². The summed E-state index contributed by atoms with van der Waals surface area (Å²) in [4.78, 5) is 3.90. The Kier molecular flexibility index (Phi) is 3.11. The van der Waals surface area contributed by atoms with Crippen molar-refractivity contribution >= 4 is 23.4 Å². The average molecular weight is 259 g/mol. The van der Waals surface area contributed by atoms with Crippen LogP contribution in [0.25, 0.3) is 0 Å². The molecule has 2 aromatic rings. The van der Waals surface area contributed by atoms with Gasteiger partial charge in [-0.2, -0.15) is 0 Å². The molecule has 0 aromatic carbocycles. The molecule has 84 valence electrons. The summed E-state index contributed by atoms with van der Waals surface area (Å²) in [5, 5.41) is 8.88. The first-order valence-electron chi connectivity index (χ1n) is 4.43. The van der Waals surface area contributed by atoms with Gasteiger partial charge in [-0.15, -0.1) is 10.2 Å². The smallest absolute Gasteiger partial charge is 0.197 e. The fourth-order valence-corrected chi connectivity index (χ4v) is 1.97. The molecular formula is C9H8ClFN4S. The van der Waals surface area contributed by atoms with Gasteiger partial charge in [0.05, 0.1) is 5.02 Å². The van der Waals surface area contributed by atoms with Gasteiger partial charge in [-0.1, -0.05) is 11.6 Å². The topological polar surface area (TPSA) is 43.6 Å². The summed E-state index contributed by atoms with van der Waals surface area (Å²) in [6.07, 6.45) is 1.40. The van der Waals surface area contributed by atoms with Crippen LogP contribution in [0.15, 0.2) is 22.4 Å². The lowest BCUT2D eigenvalue weighted by Crippen LogP contribution is -1.95. The van der Waals surface area contributed by atoms with Crippen LogP contribution in [0, 0.1) is 12.7 Å². The Hall–Kier alpha value is -1.14. The molecule has 0 spiro atoms. The molecule has 0 atom stereocenters. The van der Waals surface area contributed by atoms with Gasteiger partial charge in [0, 0.05) is 13.2 Å². The summed E-state index contributed by atoms with van der Waals surface area (Å²) in [6.45, 7) is 1.82. The second-order valence-electron chi connectivity index (χ2n) is 3.13. The zero-order chi connectivity index (χ0) is 11.7. The minimum Gasteiger partial charge on any atom is -0.309 e. The Labute approximate surface area is 101 Å². The van der Waals surface area contributed by atoms with E-state index in [1.54, 1.807) is 4.57 Å². The van der Waals surface area contributed by atoms with Crippen molar-refractivity contribution in [3.63, 3.8) is 0 Å². The molecule has 7 heteroatoms. The molecule has 4 nitrogen and oxygen atoms in total. The monoisotopic (exact) mass is 258 g/mol. The molecule has 0 aliphatic rings. The van der Waals surface area contributed by atoms with Gasteiger partial charge >= 0.3 is 0 Å². The Balaban J connectivity index is 2.30. The van der Waals surface area contributed by atoms with E-state index in [0.29, 0.717) is 5.16 Å². The minimum absolute atomic E-state index is 0.236. The van der Waals surface area contributed by atoms with Crippen LogP contribution in [0.1, 0.15) is 5.82 Å². The zero-order valence-corrected chi connectivity index (χ0v) is 10.2. The highest BCUT2D eigenvalue weighted by molar-refractivity contribution is 7.99. The Morgan fingerprint density at radius 1 is 1.44 bits per heavy atom. The average Bonchev–Trinajstić information content (AvgIpc) is 2.54. The van der Waals surface area contributed by atoms with Crippen LogP contribution in [0.5, 0.6) is 0 Å². The molecule has 0 unspecified atom stereocenters. The number of halogens is 2. The van der Waals surface area contributed by atoms with Gasteiger partial charge in [0.1, 0.15) is 10.9 Å². The van der Waals surface area contributed by atoms with Crippen molar-refractivity contribution in [3.05, 3.63) is 28.9 Å². The van der Waals surface area contributed by atoms with Gasteiger partial charge in [0.15, 0.2) is 11.0 Å². The van der Waals surface area contributed by atoms with Gasteiger partial charge in [-0.25, -0.2) is 9.37 Å². The molecule has 2 heterocycles. The van der Waals surface area contributed by atoms with Gasteiger partial charge in [-0.3, -0.25) is 0 Å². The van der Waals surface area contributed by atoms with E-state index in [2.05, 4.69) is 15.2 Å². The Morgan fingerprint density at radius 3 is 2.75 bits per heavy atom. The third kappa shape index (κ3) is 2.17. The second kappa shape index (κ2) is 4.39. The lowest BCUT2D eigenvalue weighted by atomic mass is 10.5. The van der Waals surface area contributed by atoms with Crippen LogP contribution in [-0.4, -0.2) is 19.7 Å². The number of aryl methyl sites for hydroxylation is 1. The lowest BCUT2D eigenvalue weighted by molar-refractivity contribution is 0.587. The van der Waals surface area contributed by atoms with Gasteiger partial charge in [0.25, 0.3) is 0 Å². The van der Waals surface area contributed by atoms with E-state index in [0.717, 1.165) is 17.6 Å². The van der Waals surface area contributed by atoms with Crippen LogP contribution in [0.2, 0.25) is 5.02 Å². The predicted octanol–water partition coefficient (Wildman–Crippen LogP) is 2.46. The van der Waals surface area contributed by atoms with Gasteiger partial charge < -0.3 is 4.57 Å². The van der Waals surface area contributed by atoms with Crippen LogP contribution >= 0.6 is 23.4 Å². The highest BCUT2D eigenvalue weighted by Gasteiger charge is 2.11. The normalized spacial score (nSPS) is 10.8. The van der Waals surface area contributed by atoms with Crippen molar-refractivity contribution < 1.29 is 4.39 Å². The summed E-state index contributed by atoms with van der Waals surface area (Å²) in [7, 11) is 1.81. The summed E-state index contributed by atoms with van der Waals surface area (Å²) >= 11 is 6.73. The standard InChI is InChI=1S/C9H8ClFN4S/c1-5-13-14-9(15(5)2)16-8-7(11)3-6(10)4-12-8/h3-4H,1-2H3. The molecule has 0 aliphatic carbocycles. The van der Waals surface area contributed by atoms with E-state index in [9.17, 15) is 4.39 Å². The van der Waals surface area contributed by atoms with Crippen molar-refractivity contribution in [2.45, 2.75) is 17.1 Å². The molecule has 0 radical (unpaired) electrons. The summed E-state index contributed by atoms with van der Waals surface area (Å²) in [6, 6.07) is 1.22. The van der Waals surface area contributed by atoms with Crippen LogP contribution in [0.4, 0.5) is 4.39 Å². The fourth-order valence-electron chi connectivity index (χ4n) is 1.04. The molecule has 0 amide bonds. The number of pyridine rings is 1. The third-order valence-electron chi connectivity index (χ3n) is 2.01. The molecule has 0 N–H and O–H groups in total. The Morgan fingerprint density at radius 2 is 2.19 bits per heavy atom. The number of rotatable bonds is 2. The predicted molar refractivity (Wildman–Crippen MR) is 59.1 cm³/mol. The maximum atomic E-state index is 13.4. The minimum atomic E-state index is -0.460. The van der Waals surface area contributed by atoms with E-state index in [1.165, 1.54) is 12.3 Å². The third-order valence-corrected chi connectivity index (χ3v) is 3.25. The first-order chi connectivity index (χ1) is 7.58. The van der Waals surface area contributed by atoms with Gasteiger partial charge in [0.2, 0.25) is 0 Å². The summed E-state index contributed by atoms with van der Waals surface area (Å²) in [5.41, 5.74) is 0. The lowest BCUT2D eigenvalue weighted by Gasteiger charge is -2.02. The quantitative estimate of drug-likeness (QED) is 0.830.